The fraction of sp³-hybridized carbons (Fsp3) is 0.200. The van der Waals surface area contributed by atoms with E-state index in [0.717, 1.165) is 22.4 Å². The third-order valence-corrected chi connectivity index (χ3v) is 3.40. The van der Waals surface area contributed by atoms with Crippen LogP contribution in [0.2, 0.25) is 0 Å². The van der Waals surface area contributed by atoms with Crippen LogP contribution in [0.15, 0.2) is 49.1 Å². The van der Waals surface area contributed by atoms with Gasteiger partial charge < -0.3 is 10.1 Å². The molecular weight excluding hydrogens is 252 g/mol. The summed E-state index contributed by atoms with van der Waals surface area (Å²) < 4.78 is 7.03. The molecule has 20 heavy (non-hydrogen) atoms. The fourth-order valence-corrected chi connectivity index (χ4v) is 2.37. The predicted molar refractivity (Wildman–Crippen MR) is 76.9 cm³/mol. The first kappa shape index (κ1) is 12.6. The smallest absolute Gasteiger partial charge is 0.118 e. The van der Waals surface area contributed by atoms with E-state index in [4.69, 9.17) is 4.74 Å². The molecule has 0 saturated heterocycles. The molecule has 5 nitrogen and oxygen atoms in total. The Balaban J connectivity index is 2.04. The zero-order valence-corrected chi connectivity index (χ0v) is 11.4. The third-order valence-electron chi connectivity index (χ3n) is 3.40. The topological polar surface area (TPSA) is 51.5 Å². The van der Waals surface area contributed by atoms with Gasteiger partial charge in [-0.15, -0.1) is 0 Å². The largest absolute Gasteiger partial charge is 0.497 e. The van der Waals surface area contributed by atoms with E-state index >= 15 is 0 Å². The van der Waals surface area contributed by atoms with Crippen molar-refractivity contribution in [3.63, 3.8) is 0 Å². The molecule has 2 aromatic heterocycles. The van der Waals surface area contributed by atoms with Gasteiger partial charge in [0.05, 0.1) is 31.1 Å². The summed E-state index contributed by atoms with van der Waals surface area (Å²) in [6, 6.07) is 8.11. The van der Waals surface area contributed by atoms with E-state index in [1.165, 1.54) is 0 Å². The number of methoxy groups -OCH3 is 1. The summed E-state index contributed by atoms with van der Waals surface area (Å²) in [4.78, 5) is 4.17. The molecule has 3 aromatic rings. The molecule has 1 atom stereocenters. The molecule has 0 aliphatic rings. The van der Waals surface area contributed by atoms with Crippen molar-refractivity contribution < 1.29 is 4.74 Å². The summed E-state index contributed by atoms with van der Waals surface area (Å²) in [7, 11) is 3.61. The molecule has 0 fully saturated rings. The van der Waals surface area contributed by atoms with Gasteiger partial charge in [0.15, 0.2) is 0 Å². The van der Waals surface area contributed by atoms with Crippen LogP contribution in [0.5, 0.6) is 5.75 Å². The van der Waals surface area contributed by atoms with Gasteiger partial charge >= 0.3 is 0 Å². The normalized spacial score (nSPS) is 12.5. The molecule has 0 saturated carbocycles. The first-order valence-corrected chi connectivity index (χ1v) is 6.42. The summed E-state index contributed by atoms with van der Waals surface area (Å²) in [6.07, 6.45) is 7.28. The highest BCUT2D eigenvalue weighted by atomic mass is 16.5. The summed E-state index contributed by atoms with van der Waals surface area (Å²) in [5.41, 5.74) is 3.26. The number of nitrogens with zero attached hydrogens (tertiary/aromatic N) is 3. The average Bonchev–Trinajstić information content (AvgIpc) is 2.93. The molecule has 0 spiro atoms. The molecule has 5 heteroatoms. The number of rotatable bonds is 4. The highest BCUT2D eigenvalue weighted by Gasteiger charge is 2.16. The second-order valence-corrected chi connectivity index (χ2v) is 4.50. The molecular formula is C15H16N4O. The Labute approximate surface area is 117 Å². The fourth-order valence-electron chi connectivity index (χ4n) is 2.37. The SMILES string of the molecule is CNC(c1ccc(OC)cc1)c1cnn2ccncc12. The Morgan fingerprint density at radius 2 is 2.00 bits per heavy atom. The lowest BCUT2D eigenvalue weighted by Crippen LogP contribution is -2.17. The van der Waals surface area contributed by atoms with Gasteiger partial charge in [-0.2, -0.15) is 5.10 Å². The lowest BCUT2D eigenvalue weighted by atomic mass is 10.0. The molecule has 0 amide bonds. The highest BCUT2D eigenvalue weighted by Crippen LogP contribution is 2.26. The van der Waals surface area contributed by atoms with E-state index in [-0.39, 0.29) is 6.04 Å². The van der Waals surface area contributed by atoms with Gasteiger partial charge in [-0.3, -0.25) is 4.98 Å². The summed E-state index contributed by atoms with van der Waals surface area (Å²) in [5.74, 6) is 0.852. The second-order valence-electron chi connectivity index (χ2n) is 4.50. The maximum absolute atomic E-state index is 5.20. The monoisotopic (exact) mass is 268 g/mol. The van der Waals surface area contributed by atoms with E-state index in [9.17, 15) is 0 Å². The molecule has 1 N–H and O–H groups in total. The Morgan fingerprint density at radius 1 is 1.20 bits per heavy atom. The van der Waals surface area contributed by atoms with Crippen molar-refractivity contribution in [1.82, 2.24) is 19.9 Å². The van der Waals surface area contributed by atoms with E-state index in [0.29, 0.717) is 0 Å². The lowest BCUT2D eigenvalue weighted by Gasteiger charge is -2.16. The number of hydrogen-bond acceptors (Lipinski definition) is 4. The van der Waals surface area contributed by atoms with Crippen LogP contribution in [0.3, 0.4) is 0 Å². The lowest BCUT2D eigenvalue weighted by molar-refractivity contribution is 0.414. The minimum atomic E-state index is 0.0719. The molecule has 1 aromatic carbocycles. The molecule has 0 aliphatic carbocycles. The standard InChI is InChI=1S/C15H16N4O/c1-16-15(11-3-5-12(20-2)6-4-11)13-9-18-19-8-7-17-10-14(13)19/h3-10,15-16H,1-2H3. The second kappa shape index (κ2) is 5.30. The van der Waals surface area contributed by atoms with E-state index in [1.807, 2.05) is 42.3 Å². The highest BCUT2D eigenvalue weighted by molar-refractivity contribution is 5.55. The first-order chi connectivity index (χ1) is 9.83. The maximum atomic E-state index is 5.20. The van der Waals surface area contributed by atoms with Crippen LogP contribution < -0.4 is 10.1 Å². The quantitative estimate of drug-likeness (QED) is 0.787. The van der Waals surface area contributed by atoms with Gasteiger partial charge in [-0.25, -0.2) is 4.52 Å². The Bertz CT molecular complexity index is 705. The van der Waals surface area contributed by atoms with E-state index < -0.39 is 0 Å². The molecule has 2 heterocycles. The average molecular weight is 268 g/mol. The van der Waals surface area contributed by atoms with Crippen molar-refractivity contribution >= 4 is 5.52 Å². The van der Waals surface area contributed by atoms with Gasteiger partial charge in [0, 0.05) is 18.0 Å². The van der Waals surface area contributed by atoms with Gasteiger partial charge in [-0.05, 0) is 24.7 Å². The number of ether oxygens (including phenoxy) is 1. The Hall–Kier alpha value is -2.40. The van der Waals surface area contributed by atoms with Crippen molar-refractivity contribution in [1.29, 1.82) is 0 Å². The molecule has 0 aliphatic heterocycles. The predicted octanol–water partition coefficient (Wildman–Crippen LogP) is 2.05. The van der Waals surface area contributed by atoms with Crippen LogP contribution in [0, 0.1) is 0 Å². The number of aromatic nitrogens is 3. The minimum Gasteiger partial charge on any atom is -0.497 e. The maximum Gasteiger partial charge on any atom is 0.118 e. The van der Waals surface area contributed by atoms with Crippen molar-refractivity contribution in [2.75, 3.05) is 14.2 Å². The van der Waals surface area contributed by atoms with Crippen LogP contribution in [-0.2, 0) is 0 Å². The molecule has 0 radical (unpaired) electrons. The van der Waals surface area contributed by atoms with Crippen LogP contribution >= 0.6 is 0 Å². The molecule has 1 unspecified atom stereocenters. The molecule has 102 valence electrons. The third kappa shape index (κ3) is 2.12. The summed E-state index contributed by atoms with van der Waals surface area (Å²) >= 11 is 0. The number of nitrogens with one attached hydrogen (secondary N) is 1. The van der Waals surface area contributed by atoms with Gasteiger partial charge in [0.25, 0.3) is 0 Å². The van der Waals surface area contributed by atoms with Crippen LogP contribution in [0.1, 0.15) is 17.2 Å². The van der Waals surface area contributed by atoms with Crippen molar-refractivity contribution in [2.24, 2.45) is 0 Å². The van der Waals surface area contributed by atoms with Crippen molar-refractivity contribution in [3.8, 4) is 5.75 Å². The zero-order chi connectivity index (χ0) is 13.9. The van der Waals surface area contributed by atoms with Crippen LogP contribution in [-0.4, -0.2) is 28.8 Å². The number of hydrogen-bond donors (Lipinski definition) is 1. The molecule has 3 rings (SSSR count). The minimum absolute atomic E-state index is 0.0719. The van der Waals surface area contributed by atoms with Gasteiger partial charge in [0.1, 0.15) is 5.75 Å². The molecule has 0 bridgehead atoms. The van der Waals surface area contributed by atoms with Crippen molar-refractivity contribution in [2.45, 2.75) is 6.04 Å². The van der Waals surface area contributed by atoms with Gasteiger partial charge in [-0.1, -0.05) is 12.1 Å². The Kier molecular flexibility index (Phi) is 3.35. The van der Waals surface area contributed by atoms with Crippen molar-refractivity contribution in [3.05, 3.63) is 60.2 Å². The summed E-state index contributed by atoms with van der Waals surface area (Å²) in [5, 5.41) is 7.69. The van der Waals surface area contributed by atoms with Crippen LogP contribution in [0.4, 0.5) is 0 Å². The van der Waals surface area contributed by atoms with Crippen LogP contribution in [0.25, 0.3) is 5.52 Å². The van der Waals surface area contributed by atoms with Gasteiger partial charge in [0.2, 0.25) is 0 Å². The zero-order valence-electron chi connectivity index (χ0n) is 11.4. The van der Waals surface area contributed by atoms with E-state index in [1.54, 1.807) is 13.3 Å². The first-order valence-electron chi connectivity index (χ1n) is 6.42. The number of benzene rings is 1. The summed E-state index contributed by atoms with van der Waals surface area (Å²) in [6.45, 7) is 0. The Morgan fingerprint density at radius 3 is 2.70 bits per heavy atom. The van der Waals surface area contributed by atoms with E-state index in [2.05, 4.69) is 27.5 Å². The number of fused-ring (bicyclic) bond motifs is 1.